The molecule has 0 fully saturated rings. The molecule has 3 N–H and O–H groups in total. The van der Waals surface area contributed by atoms with E-state index < -0.39 is 5.92 Å². The van der Waals surface area contributed by atoms with Crippen molar-refractivity contribution in [1.29, 1.82) is 0 Å². The molecule has 0 aliphatic heterocycles. The summed E-state index contributed by atoms with van der Waals surface area (Å²) in [6, 6.07) is 7.24. The Hall–Kier alpha value is -1.62. The summed E-state index contributed by atoms with van der Waals surface area (Å²) in [6.45, 7) is 4.09. The van der Waals surface area contributed by atoms with Gasteiger partial charge in [-0.15, -0.1) is 0 Å². The van der Waals surface area contributed by atoms with Crippen molar-refractivity contribution in [3.05, 3.63) is 24.3 Å². The zero-order chi connectivity index (χ0) is 12.8. The van der Waals surface area contributed by atoms with Gasteiger partial charge >= 0.3 is 0 Å². The number of amides is 1. The first kappa shape index (κ1) is 13.4. The van der Waals surface area contributed by atoms with Crippen LogP contribution in [0.1, 0.15) is 13.8 Å². The molecule has 5 heteroatoms. The number of benzene rings is 1. The standard InChI is InChI=1S/C12H16N2O2S/c1-3-16-10-7-5-4-6-9(10)14-12(15)8(2)11(13)17/h4-8H,3H2,1-2H3,(H2,13,17)(H,14,15). The van der Waals surface area contributed by atoms with Gasteiger partial charge in [-0.25, -0.2) is 0 Å². The van der Waals surface area contributed by atoms with Gasteiger partial charge in [0.1, 0.15) is 5.75 Å². The third-order valence-corrected chi connectivity index (χ3v) is 2.62. The fraction of sp³-hybridized carbons (Fsp3) is 0.333. The highest BCUT2D eigenvalue weighted by Crippen LogP contribution is 2.24. The van der Waals surface area contributed by atoms with Crippen molar-refractivity contribution in [2.45, 2.75) is 13.8 Å². The quantitative estimate of drug-likeness (QED) is 0.786. The Balaban J connectivity index is 2.80. The minimum Gasteiger partial charge on any atom is -0.492 e. The van der Waals surface area contributed by atoms with E-state index in [1.807, 2.05) is 19.1 Å². The molecule has 0 aromatic heterocycles. The van der Waals surface area contributed by atoms with E-state index in [0.29, 0.717) is 18.0 Å². The van der Waals surface area contributed by atoms with Gasteiger partial charge in [-0.1, -0.05) is 24.4 Å². The van der Waals surface area contributed by atoms with E-state index >= 15 is 0 Å². The predicted molar refractivity (Wildman–Crippen MR) is 72.2 cm³/mol. The van der Waals surface area contributed by atoms with Crippen molar-refractivity contribution >= 4 is 28.8 Å². The lowest BCUT2D eigenvalue weighted by atomic mass is 10.1. The molecule has 0 spiro atoms. The molecule has 1 amide bonds. The SMILES string of the molecule is CCOc1ccccc1NC(=O)C(C)C(N)=S. The van der Waals surface area contributed by atoms with Gasteiger partial charge in [0.05, 0.1) is 23.2 Å². The number of hydrogen-bond donors (Lipinski definition) is 2. The monoisotopic (exact) mass is 252 g/mol. The van der Waals surface area contributed by atoms with Crippen molar-refractivity contribution in [2.75, 3.05) is 11.9 Å². The highest BCUT2D eigenvalue weighted by atomic mass is 32.1. The average Bonchev–Trinajstić information content (AvgIpc) is 2.30. The van der Waals surface area contributed by atoms with Gasteiger partial charge in [-0.2, -0.15) is 0 Å². The second kappa shape index (κ2) is 6.20. The molecular formula is C12H16N2O2S. The molecule has 0 bridgehead atoms. The molecule has 17 heavy (non-hydrogen) atoms. The molecule has 1 aromatic carbocycles. The predicted octanol–water partition coefficient (Wildman–Crippen LogP) is 1.95. The van der Waals surface area contributed by atoms with Gasteiger partial charge < -0.3 is 15.8 Å². The molecule has 4 nitrogen and oxygen atoms in total. The van der Waals surface area contributed by atoms with Crippen molar-refractivity contribution in [2.24, 2.45) is 11.7 Å². The average molecular weight is 252 g/mol. The van der Waals surface area contributed by atoms with Crippen LogP contribution in [-0.4, -0.2) is 17.5 Å². The number of rotatable bonds is 5. The van der Waals surface area contributed by atoms with Crippen molar-refractivity contribution in [3.8, 4) is 5.75 Å². The summed E-state index contributed by atoms with van der Waals surface area (Å²) < 4.78 is 5.40. The number of anilines is 1. The normalized spacial score (nSPS) is 11.6. The van der Waals surface area contributed by atoms with Gasteiger partial charge in [0.15, 0.2) is 0 Å². The van der Waals surface area contributed by atoms with Crippen LogP contribution in [0.5, 0.6) is 5.75 Å². The van der Waals surface area contributed by atoms with Crippen LogP contribution in [0.15, 0.2) is 24.3 Å². The maximum Gasteiger partial charge on any atom is 0.234 e. The van der Waals surface area contributed by atoms with E-state index in [2.05, 4.69) is 5.32 Å². The van der Waals surface area contributed by atoms with E-state index in [1.54, 1.807) is 19.1 Å². The summed E-state index contributed by atoms with van der Waals surface area (Å²) in [5.41, 5.74) is 6.05. The van der Waals surface area contributed by atoms with Gasteiger partial charge in [0.25, 0.3) is 0 Å². The largest absolute Gasteiger partial charge is 0.492 e. The number of para-hydroxylation sites is 2. The molecule has 92 valence electrons. The van der Waals surface area contributed by atoms with Crippen LogP contribution in [0.4, 0.5) is 5.69 Å². The topological polar surface area (TPSA) is 64.3 Å². The first-order valence-corrected chi connectivity index (χ1v) is 5.79. The van der Waals surface area contributed by atoms with Crippen LogP contribution in [0, 0.1) is 5.92 Å². The molecule has 1 atom stereocenters. The van der Waals surface area contributed by atoms with Crippen molar-refractivity contribution in [3.63, 3.8) is 0 Å². The van der Waals surface area contributed by atoms with Gasteiger partial charge in [0, 0.05) is 0 Å². The Kier molecular flexibility index (Phi) is 4.90. The highest BCUT2D eigenvalue weighted by Gasteiger charge is 2.16. The molecule has 1 aromatic rings. The number of hydrogen-bond acceptors (Lipinski definition) is 3. The molecule has 1 rings (SSSR count). The van der Waals surface area contributed by atoms with E-state index in [4.69, 9.17) is 22.7 Å². The lowest BCUT2D eigenvalue weighted by Gasteiger charge is -2.13. The number of carbonyl (C=O) groups is 1. The summed E-state index contributed by atoms with van der Waals surface area (Å²) in [5.74, 6) is -0.0946. The Labute approximate surface area is 106 Å². The van der Waals surface area contributed by atoms with Crippen LogP contribution in [0.25, 0.3) is 0 Å². The summed E-state index contributed by atoms with van der Waals surface area (Å²) in [4.78, 5) is 12.0. The van der Waals surface area contributed by atoms with E-state index in [0.717, 1.165) is 0 Å². The fourth-order valence-electron chi connectivity index (χ4n) is 1.22. The van der Waals surface area contributed by atoms with E-state index in [9.17, 15) is 4.79 Å². The summed E-state index contributed by atoms with van der Waals surface area (Å²) in [7, 11) is 0. The number of carbonyl (C=O) groups excluding carboxylic acids is 1. The summed E-state index contributed by atoms with van der Waals surface area (Å²) in [5, 5.41) is 2.74. The fourth-order valence-corrected chi connectivity index (χ4v) is 1.33. The second-order valence-electron chi connectivity index (χ2n) is 3.54. The molecule has 0 saturated heterocycles. The third kappa shape index (κ3) is 3.71. The van der Waals surface area contributed by atoms with Crippen LogP contribution >= 0.6 is 12.2 Å². The van der Waals surface area contributed by atoms with Crippen LogP contribution in [0.3, 0.4) is 0 Å². The third-order valence-electron chi connectivity index (χ3n) is 2.26. The zero-order valence-corrected chi connectivity index (χ0v) is 10.7. The maximum atomic E-state index is 11.8. The molecule has 0 saturated carbocycles. The number of thiocarbonyl (C=S) groups is 1. The molecular weight excluding hydrogens is 236 g/mol. The Morgan fingerprint density at radius 2 is 2.18 bits per heavy atom. The van der Waals surface area contributed by atoms with Gasteiger partial charge in [0.2, 0.25) is 5.91 Å². The Morgan fingerprint density at radius 1 is 1.53 bits per heavy atom. The van der Waals surface area contributed by atoms with E-state index in [1.165, 1.54) is 0 Å². The van der Waals surface area contributed by atoms with Crippen molar-refractivity contribution in [1.82, 2.24) is 0 Å². The maximum absolute atomic E-state index is 11.8. The first-order chi connectivity index (χ1) is 8.06. The Bertz CT molecular complexity index is 421. The van der Waals surface area contributed by atoms with Gasteiger partial charge in [-0.05, 0) is 26.0 Å². The van der Waals surface area contributed by atoms with Crippen molar-refractivity contribution < 1.29 is 9.53 Å². The Morgan fingerprint density at radius 3 is 2.76 bits per heavy atom. The summed E-state index contributed by atoms with van der Waals surface area (Å²) >= 11 is 4.78. The minimum atomic E-state index is -0.500. The van der Waals surface area contributed by atoms with Gasteiger partial charge in [-0.3, -0.25) is 4.79 Å². The molecule has 1 unspecified atom stereocenters. The number of nitrogens with two attached hydrogens (primary N) is 1. The molecule has 0 aliphatic carbocycles. The van der Waals surface area contributed by atoms with Crippen LogP contribution in [-0.2, 0) is 4.79 Å². The lowest BCUT2D eigenvalue weighted by Crippen LogP contribution is -2.30. The smallest absolute Gasteiger partial charge is 0.234 e. The highest BCUT2D eigenvalue weighted by molar-refractivity contribution is 7.80. The second-order valence-corrected chi connectivity index (χ2v) is 4.01. The van der Waals surface area contributed by atoms with Crippen LogP contribution < -0.4 is 15.8 Å². The minimum absolute atomic E-state index is 0.177. The van der Waals surface area contributed by atoms with E-state index in [-0.39, 0.29) is 10.9 Å². The molecule has 0 aliphatic rings. The number of ether oxygens (including phenoxy) is 1. The zero-order valence-electron chi connectivity index (χ0n) is 9.90. The first-order valence-electron chi connectivity index (χ1n) is 5.38. The number of nitrogens with one attached hydrogen (secondary N) is 1. The molecule has 0 heterocycles. The lowest BCUT2D eigenvalue weighted by molar-refractivity contribution is -0.117. The van der Waals surface area contributed by atoms with Crippen LogP contribution in [0.2, 0.25) is 0 Å². The summed E-state index contributed by atoms with van der Waals surface area (Å²) in [6.07, 6.45) is 0. The molecule has 0 radical (unpaired) electrons.